The molecule has 0 saturated heterocycles. The Morgan fingerprint density at radius 2 is 1.43 bits per heavy atom. The molecule has 1 heteroatoms. The van der Waals surface area contributed by atoms with Gasteiger partial charge in [-0.05, 0) is 69.4 Å². The van der Waals surface area contributed by atoms with Gasteiger partial charge in [0.2, 0.25) is 0 Å². The summed E-state index contributed by atoms with van der Waals surface area (Å²) in [6.07, 6.45) is 0. The molecule has 0 aromatic heterocycles. The fourth-order valence-corrected chi connectivity index (χ4v) is 1.85. The van der Waals surface area contributed by atoms with Crippen LogP contribution >= 0.6 is 0 Å². The lowest BCUT2D eigenvalue weighted by Gasteiger charge is -2.23. The highest BCUT2D eigenvalue weighted by Gasteiger charge is 2.20. The second-order valence-electron chi connectivity index (χ2n) is 4.68. The van der Waals surface area contributed by atoms with E-state index in [0.717, 1.165) is 5.56 Å². The molecule has 0 atom stereocenters. The Labute approximate surface area is 86.8 Å². The van der Waals surface area contributed by atoms with E-state index in [1.165, 1.54) is 22.3 Å². The summed E-state index contributed by atoms with van der Waals surface area (Å²) in [7, 11) is 0. The van der Waals surface area contributed by atoms with Crippen LogP contribution in [0.5, 0.6) is 0 Å². The minimum atomic E-state index is -0.743. The molecule has 1 rings (SSSR count). The van der Waals surface area contributed by atoms with E-state index in [4.69, 9.17) is 0 Å². The van der Waals surface area contributed by atoms with Crippen molar-refractivity contribution in [3.05, 3.63) is 33.9 Å². The summed E-state index contributed by atoms with van der Waals surface area (Å²) in [5.41, 5.74) is 5.38. The molecule has 0 amide bonds. The van der Waals surface area contributed by atoms with E-state index in [1.54, 1.807) is 0 Å². The van der Waals surface area contributed by atoms with Gasteiger partial charge in [0.15, 0.2) is 0 Å². The van der Waals surface area contributed by atoms with E-state index in [9.17, 15) is 5.11 Å². The zero-order valence-electron chi connectivity index (χ0n) is 10.0. The lowest BCUT2D eigenvalue weighted by molar-refractivity contribution is 0.0778. The Hall–Kier alpha value is -0.820. The molecule has 0 aliphatic carbocycles. The van der Waals surface area contributed by atoms with Crippen molar-refractivity contribution >= 4 is 0 Å². The van der Waals surface area contributed by atoms with Crippen molar-refractivity contribution in [2.45, 2.75) is 47.1 Å². The van der Waals surface area contributed by atoms with Crippen molar-refractivity contribution in [3.63, 3.8) is 0 Å². The van der Waals surface area contributed by atoms with Crippen LogP contribution in [-0.2, 0) is 5.60 Å². The standard InChI is InChI=1S/C13H20O/c1-8-7-12(13(5,6)14)11(4)10(3)9(8)2/h7,14H,1-6H3. The number of hydrogen-bond donors (Lipinski definition) is 1. The van der Waals surface area contributed by atoms with Gasteiger partial charge in [0.25, 0.3) is 0 Å². The van der Waals surface area contributed by atoms with Gasteiger partial charge in [-0.15, -0.1) is 0 Å². The van der Waals surface area contributed by atoms with Crippen molar-refractivity contribution in [2.75, 3.05) is 0 Å². The van der Waals surface area contributed by atoms with E-state index < -0.39 is 5.60 Å². The predicted octanol–water partition coefficient (Wildman–Crippen LogP) is 3.15. The van der Waals surface area contributed by atoms with E-state index in [-0.39, 0.29) is 0 Å². The van der Waals surface area contributed by atoms with Gasteiger partial charge >= 0.3 is 0 Å². The minimum Gasteiger partial charge on any atom is -0.386 e. The van der Waals surface area contributed by atoms with Crippen LogP contribution < -0.4 is 0 Å². The SMILES string of the molecule is Cc1cc(C(C)(C)O)c(C)c(C)c1C. The van der Waals surface area contributed by atoms with Crippen molar-refractivity contribution in [1.29, 1.82) is 0 Å². The quantitative estimate of drug-likeness (QED) is 0.724. The average molecular weight is 192 g/mol. The molecule has 0 aliphatic heterocycles. The Balaban J connectivity index is 3.49. The number of benzene rings is 1. The maximum absolute atomic E-state index is 10.0. The Morgan fingerprint density at radius 1 is 0.929 bits per heavy atom. The fourth-order valence-electron chi connectivity index (χ4n) is 1.85. The molecular weight excluding hydrogens is 172 g/mol. The van der Waals surface area contributed by atoms with Crippen molar-refractivity contribution < 1.29 is 5.11 Å². The van der Waals surface area contributed by atoms with E-state index in [0.29, 0.717) is 0 Å². The maximum atomic E-state index is 10.0. The van der Waals surface area contributed by atoms with Crippen LogP contribution in [0.4, 0.5) is 0 Å². The van der Waals surface area contributed by atoms with E-state index in [2.05, 4.69) is 33.8 Å². The Kier molecular flexibility index (Phi) is 2.73. The van der Waals surface area contributed by atoms with E-state index >= 15 is 0 Å². The summed E-state index contributed by atoms with van der Waals surface area (Å²) in [4.78, 5) is 0. The molecule has 0 saturated carbocycles. The molecule has 0 radical (unpaired) electrons. The molecule has 1 nitrogen and oxygen atoms in total. The monoisotopic (exact) mass is 192 g/mol. The van der Waals surface area contributed by atoms with Crippen LogP contribution in [0.15, 0.2) is 6.07 Å². The lowest BCUT2D eigenvalue weighted by Crippen LogP contribution is -2.18. The molecule has 0 spiro atoms. The number of hydrogen-bond acceptors (Lipinski definition) is 1. The molecule has 0 heterocycles. The van der Waals surface area contributed by atoms with Crippen LogP contribution in [-0.4, -0.2) is 5.11 Å². The molecule has 0 aliphatic rings. The predicted molar refractivity (Wildman–Crippen MR) is 60.6 cm³/mol. The summed E-state index contributed by atoms with van der Waals surface area (Å²) < 4.78 is 0. The third-order valence-electron chi connectivity index (χ3n) is 3.14. The summed E-state index contributed by atoms with van der Waals surface area (Å²) >= 11 is 0. The minimum absolute atomic E-state index is 0.743. The van der Waals surface area contributed by atoms with Gasteiger partial charge in [0, 0.05) is 0 Å². The van der Waals surface area contributed by atoms with Crippen molar-refractivity contribution in [1.82, 2.24) is 0 Å². The van der Waals surface area contributed by atoms with Gasteiger partial charge in [-0.25, -0.2) is 0 Å². The first-order chi connectivity index (χ1) is 6.25. The largest absolute Gasteiger partial charge is 0.386 e. The van der Waals surface area contributed by atoms with Gasteiger partial charge in [0.05, 0.1) is 5.60 Å². The summed E-state index contributed by atoms with van der Waals surface area (Å²) in [6.45, 7) is 12.1. The molecular formula is C13H20O. The molecule has 78 valence electrons. The molecule has 1 N–H and O–H groups in total. The first-order valence-corrected chi connectivity index (χ1v) is 5.05. The van der Waals surface area contributed by atoms with Gasteiger partial charge in [-0.1, -0.05) is 6.07 Å². The molecule has 1 aromatic carbocycles. The highest BCUT2D eigenvalue weighted by molar-refractivity contribution is 5.45. The highest BCUT2D eigenvalue weighted by Crippen LogP contribution is 2.29. The van der Waals surface area contributed by atoms with Crippen molar-refractivity contribution in [3.8, 4) is 0 Å². The molecule has 0 unspecified atom stereocenters. The molecule has 0 bridgehead atoms. The number of rotatable bonds is 1. The van der Waals surface area contributed by atoms with Crippen molar-refractivity contribution in [2.24, 2.45) is 0 Å². The maximum Gasteiger partial charge on any atom is 0.0843 e. The average Bonchev–Trinajstić information content (AvgIpc) is 2.06. The molecule has 14 heavy (non-hydrogen) atoms. The summed E-state index contributed by atoms with van der Waals surface area (Å²) in [5, 5.41) is 10.0. The summed E-state index contributed by atoms with van der Waals surface area (Å²) in [6, 6.07) is 2.09. The third-order valence-corrected chi connectivity index (χ3v) is 3.14. The lowest BCUT2D eigenvalue weighted by atomic mass is 9.87. The van der Waals surface area contributed by atoms with Crippen LogP contribution in [0, 0.1) is 27.7 Å². The first-order valence-electron chi connectivity index (χ1n) is 5.05. The normalized spacial score (nSPS) is 11.9. The topological polar surface area (TPSA) is 20.2 Å². The zero-order valence-corrected chi connectivity index (χ0v) is 10.0. The third kappa shape index (κ3) is 1.83. The smallest absolute Gasteiger partial charge is 0.0843 e. The van der Waals surface area contributed by atoms with Crippen LogP contribution in [0.1, 0.15) is 41.7 Å². The second-order valence-corrected chi connectivity index (χ2v) is 4.68. The number of aryl methyl sites for hydroxylation is 1. The van der Waals surface area contributed by atoms with Crippen LogP contribution in [0.2, 0.25) is 0 Å². The van der Waals surface area contributed by atoms with Gasteiger partial charge < -0.3 is 5.11 Å². The number of aliphatic hydroxyl groups is 1. The highest BCUT2D eigenvalue weighted by atomic mass is 16.3. The second kappa shape index (κ2) is 3.39. The van der Waals surface area contributed by atoms with Crippen LogP contribution in [0.25, 0.3) is 0 Å². The van der Waals surface area contributed by atoms with Gasteiger partial charge in [-0.3, -0.25) is 0 Å². The summed E-state index contributed by atoms with van der Waals surface area (Å²) in [5.74, 6) is 0. The van der Waals surface area contributed by atoms with E-state index in [1.807, 2.05) is 13.8 Å². The Bertz CT molecular complexity index is 356. The molecule has 0 fully saturated rings. The Morgan fingerprint density at radius 3 is 1.86 bits per heavy atom. The fraction of sp³-hybridized carbons (Fsp3) is 0.538. The molecule has 1 aromatic rings. The van der Waals surface area contributed by atoms with Gasteiger partial charge in [0.1, 0.15) is 0 Å². The first kappa shape index (κ1) is 11.3. The zero-order chi connectivity index (χ0) is 11.1. The van der Waals surface area contributed by atoms with Crippen LogP contribution in [0.3, 0.4) is 0 Å². The van der Waals surface area contributed by atoms with Gasteiger partial charge in [-0.2, -0.15) is 0 Å².